The van der Waals surface area contributed by atoms with Crippen molar-refractivity contribution in [2.75, 3.05) is 0 Å². The smallest absolute Gasteiger partial charge is 0 e. The van der Waals surface area contributed by atoms with Gasteiger partial charge in [0.05, 0.1) is 0 Å². The van der Waals surface area contributed by atoms with Crippen molar-refractivity contribution in [1.82, 2.24) is 0 Å². The third-order valence-corrected chi connectivity index (χ3v) is 0. The van der Waals surface area contributed by atoms with Crippen LogP contribution in [0.4, 0.5) is 0 Å². The normalized spacial score (nSPS) is 1.20. The maximum Gasteiger partial charge on any atom is 0 e. The Morgan fingerprint density at radius 3 is 0.800 bits per heavy atom. The molecule has 0 aromatic carbocycles. The summed E-state index contributed by atoms with van der Waals surface area (Å²) in [5, 5.41) is 0. The SMILES string of the molecule is [CH3][Sn].[Y].[Y].[Y]. The summed E-state index contributed by atoms with van der Waals surface area (Å²) in [6, 6.07) is 0. The Hall–Kier alpha value is 4.11. The van der Waals surface area contributed by atoms with Crippen LogP contribution < -0.4 is 0 Å². The van der Waals surface area contributed by atoms with E-state index in [1.54, 1.807) is 22.5 Å². The molecule has 0 saturated carbocycles. The summed E-state index contributed by atoms with van der Waals surface area (Å²) < 4.78 is 0. The molecule has 0 rings (SSSR count). The standard InChI is InChI=1S/CH3.Sn.3Y/h1H3;;;;. The van der Waals surface area contributed by atoms with Gasteiger partial charge in [0.1, 0.15) is 0 Å². The Bertz CT molecular complexity index is 6.85. The van der Waals surface area contributed by atoms with E-state index < -0.39 is 0 Å². The zero-order valence-electron chi connectivity index (χ0n) is 3.23. The molecule has 0 N–H and O–H groups in total. The molecule has 0 nitrogen and oxygen atoms in total. The van der Waals surface area contributed by atoms with E-state index in [2.05, 4.69) is 4.94 Å². The van der Waals surface area contributed by atoms with E-state index in [0.29, 0.717) is 0 Å². The summed E-state index contributed by atoms with van der Waals surface area (Å²) in [5.41, 5.74) is 0. The van der Waals surface area contributed by atoms with E-state index in [-0.39, 0.29) is 98.1 Å². The van der Waals surface area contributed by atoms with Gasteiger partial charge in [0.15, 0.2) is 0 Å². The minimum Gasteiger partial charge on any atom is 0 e. The number of hydrogen-bond acceptors (Lipinski definition) is 0. The van der Waals surface area contributed by atoms with Crippen LogP contribution >= 0.6 is 0 Å². The summed E-state index contributed by atoms with van der Waals surface area (Å²) in [7, 11) is 0. The van der Waals surface area contributed by atoms with Crippen molar-refractivity contribution in [1.29, 1.82) is 0 Å². The van der Waals surface area contributed by atoms with Crippen LogP contribution in [0.3, 0.4) is 0 Å². The van der Waals surface area contributed by atoms with Crippen molar-refractivity contribution in [3.63, 3.8) is 0 Å². The van der Waals surface area contributed by atoms with Gasteiger partial charge in [0, 0.05) is 98.1 Å². The van der Waals surface area contributed by atoms with Crippen molar-refractivity contribution in [3.8, 4) is 0 Å². The molecule has 5 heavy (non-hydrogen) atoms. The molecular formula is CH3SnY3. The van der Waals surface area contributed by atoms with Gasteiger partial charge in [-0.2, -0.15) is 0 Å². The van der Waals surface area contributed by atoms with Crippen LogP contribution in [0.1, 0.15) is 0 Å². The predicted octanol–water partition coefficient (Wildman–Crippen LogP) is 0.195. The molecule has 0 spiro atoms. The van der Waals surface area contributed by atoms with Crippen LogP contribution in [0, 0.1) is 0 Å². The number of hydrogen-bond donors (Lipinski definition) is 0. The van der Waals surface area contributed by atoms with Crippen molar-refractivity contribution in [2.45, 2.75) is 4.94 Å². The summed E-state index contributed by atoms with van der Waals surface area (Å²) >= 11 is 1.55. The van der Waals surface area contributed by atoms with E-state index in [4.69, 9.17) is 0 Å². The average molecular weight is 400 g/mol. The molecule has 0 aliphatic rings. The van der Waals surface area contributed by atoms with Crippen molar-refractivity contribution in [3.05, 3.63) is 0 Å². The van der Waals surface area contributed by atoms with Gasteiger partial charge in [-0.25, -0.2) is 0 Å². The average Bonchev–Trinajstić information content (AvgIpc) is 1.00. The van der Waals surface area contributed by atoms with Gasteiger partial charge in [-0.3, -0.25) is 0 Å². The third-order valence-electron chi connectivity index (χ3n) is 0. The van der Waals surface area contributed by atoms with E-state index in [1.807, 2.05) is 0 Å². The largest absolute Gasteiger partial charge is 0 e. The fraction of sp³-hybridized carbons (Fsp3) is 1.00. The van der Waals surface area contributed by atoms with Crippen molar-refractivity contribution < 1.29 is 98.1 Å². The Morgan fingerprint density at radius 2 is 0.800 bits per heavy atom. The van der Waals surface area contributed by atoms with Gasteiger partial charge in [-0.15, -0.1) is 0 Å². The Kier molecular flexibility index (Phi) is 111. The predicted molar refractivity (Wildman–Crippen MR) is 11.6 cm³/mol. The Morgan fingerprint density at radius 1 is 0.800 bits per heavy atom. The van der Waals surface area contributed by atoms with E-state index in [0.717, 1.165) is 0 Å². The second-order valence-electron chi connectivity index (χ2n) is 0. The molecule has 0 atom stereocenters. The van der Waals surface area contributed by atoms with Crippen LogP contribution in [-0.2, 0) is 98.1 Å². The molecule has 0 fully saturated rings. The van der Waals surface area contributed by atoms with Crippen molar-refractivity contribution >= 4 is 22.5 Å². The molecule has 6 radical (unpaired) electrons. The molecule has 4 heteroatoms. The molecule has 0 aliphatic carbocycles. The first kappa shape index (κ1) is 22.9. The van der Waals surface area contributed by atoms with Gasteiger partial charge >= 0.3 is 27.5 Å². The first-order chi connectivity index (χ1) is 1.00. The van der Waals surface area contributed by atoms with Gasteiger partial charge in [0.25, 0.3) is 0 Å². The summed E-state index contributed by atoms with van der Waals surface area (Å²) in [5.74, 6) is 0. The minimum atomic E-state index is 0. The Balaban J connectivity index is -0.00000000167. The molecule has 0 saturated heterocycles. The summed E-state index contributed by atoms with van der Waals surface area (Å²) in [4.78, 5) is 2.09. The Labute approximate surface area is 122 Å². The second-order valence-corrected chi connectivity index (χ2v) is 0. The maximum atomic E-state index is 2.09. The zero-order valence-corrected chi connectivity index (χ0v) is 14.6. The molecule has 0 aliphatic heterocycles. The second kappa shape index (κ2) is 24.3. The monoisotopic (exact) mass is 402 g/mol. The van der Waals surface area contributed by atoms with Gasteiger partial charge in [-0.1, -0.05) is 0 Å². The van der Waals surface area contributed by atoms with E-state index in [9.17, 15) is 0 Å². The van der Waals surface area contributed by atoms with Gasteiger partial charge in [0.2, 0.25) is 0 Å². The molecule has 0 amide bonds. The third kappa shape index (κ3) is 17.9. The molecule has 0 heterocycles. The van der Waals surface area contributed by atoms with Crippen LogP contribution in [0.5, 0.6) is 0 Å². The minimum absolute atomic E-state index is 0. The topological polar surface area (TPSA) is 0 Å². The zero-order chi connectivity index (χ0) is 2.00. The van der Waals surface area contributed by atoms with Crippen LogP contribution in [0.2, 0.25) is 4.94 Å². The van der Waals surface area contributed by atoms with E-state index in [1.165, 1.54) is 0 Å². The fourth-order valence-corrected chi connectivity index (χ4v) is 0. The first-order valence-electron chi connectivity index (χ1n) is 0.500. The molecule has 0 unspecified atom stereocenters. The van der Waals surface area contributed by atoms with E-state index >= 15 is 0 Å². The molecule has 20 valence electrons. The molecule has 0 aromatic heterocycles. The molecular weight excluding hydrogens is 397 g/mol. The van der Waals surface area contributed by atoms with Gasteiger partial charge in [-0.05, 0) is 0 Å². The maximum absolute atomic E-state index is 2.09. The summed E-state index contributed by atoms with van der Waals surface area (Å²) in [6.45, 7) is 0. The first-order valence-corrected chi connectivity index (χ1v) is 3.35. The van der Waals surface area contributed by atoms with Crippen molar-refractivity contribution in [2.24, 2.45) is 0 Å². The van der Waals surface area contributed by atoms with Crippen LogP contribution in [-0.4, -0.2) is 22.5 Å². The van der Waals surface area contributed by atoms with Crippen LogP contribution in [0.25, 0.3) is 0 Å². The quantitative estimate of drug-likeness (QED) is 0.510. The number of rotatable bonds is 0. The van der Waals surface area contributed by atoms with Crippen LogP contribution in [0.15, 0.2) is 0 Å². The molecule has 0 aromatic rings. The van der Waals surface area contributed by atoms with Gasteiger partial charge < -0.3 is 0 Å². The molecule has 0 bridgehead atoms. The fourth-order valence-electron chi connectivity index (χ4n) is 0. The summed E-state index contributed by atoms with van der Waals surface area (Å²) in [6.07, 6.45) is 0.